The molecule has 0 spiro atoms. The lowest BCUT2D eigenvalue weighted by Gasteiger charge is -2.21. The molecule has 1 saturated heterocycles. The highest BCUT2D eigenvalue weighted by atomic mass is 32.1. The monoisotopic (exact) mass is 369 g/mol. The minimum atomic E-state index is 0.0242. The Bertz CT molecular complexity index is 892. The Morgan fingerprint density at radius 1 is 1.19 bits per heavy atom. The van der Waals surface area contributed by atoms with Crippen LogP contribution in [0.15, 0.2) is 36.8 Å². The Morgan fingerprint density at radius 3 is 2.88 bits per heavy atom. The van der Waals surface area contributed by atoms with Crippen LogP contribution < -0.4 is 4.90 Å². The molecule has 1 amide bonds. The maximum atomic E-state index is 12.9. The molecule has 0 N–H and O–H groups in total. The zero-order valence-corrected chi connectivity index (χ0v) is 15.3. The lowest BCUT2D eigenvalue weighted by Crippen LogP contribution is -2.35. The highest BCUT2D eigenvalue weighted by Gasteiger charge is 2.22. The first-order valence-electron chi connectivity index (χ1n) is 8.51. The van der Waals surface area contributed by atoms with E-state index < -0.39 is 0 Å². The first kappa shape index (κ1) is 16.6. The Hall–Kier alpha value is -2.81. The summed E-state index contributed by atoms with van der Waals surface area (Å²) in [6, 6.07) is 5.37. The Balaban J connectivity index is 1.47. The van der Waals surface area contributed by atoms with Gasteiger partial charge < -0.3 is 9.80 Å². The summed E-state index contributed by atoms with van der Waals surface area (Å²) in [6.07, 6.45) is 6.05. The summed E-state index contributed by atoms with van der Waals surface area (Å²) in [7, 11) is 0. The molecule has 0 aliphatic carbocycles. The molecule has 0 atom stereocenters. The summed E-state index contributed by atoms with van der Waals surface area (Å²) in [5.74, 6) is 1.46. The molecule has 0 aromatic carbocycles. The topological polar surface area (TPSA) is 80.0 Å². The summed E-state index contributed by atoms with van der Waals surface area (Å²) in [6.45, 7) is 4.93. The largest absolute Gasteiger partial charge is 0.345 e. The van der Waals surface area contributed by atoms with Crippen LogP contribution in [-0.4, -0.2) is 61.1 Å². The van der Waals surface area contributed by atoms with Crippen LogP contribution in [0.5, 0.6) is 0 Å². The van der Waals surface area contributed by atoms with Gasteiger partial charge in [-0.05, 0) is 31.5 Å². The molecular formula is C17H19N7OS. The lowest BCUT2D eigenvalue weighted by molar-refractivity contribution is 0.0767. The van der Waals surface area contributed by atoms with Crippen molar-refractivity contribution >= 4 is 22.6 Å². The van der Waals surface area contributed by atoms with Gasteiger partial charge in [0, 0.05) is 61.9 Å². The Labute approximate surface area is 155 Å². The zero-order valence-electron chi connectivity index (χ0n) is 14.4. The maximum Gasteiger partial charge on any atom is 0.254 e. The van der Waals surface area contributed by atoms with Crippen molar-refractivity contribution < 1.29 is 4.79 Å². The molecule has 0 radical (unpaired) electrons. The van der Waals surface area contributed by atoms with Gasteiger partial charge in [0.2, 0.25) is 5.13 Å². The number of anilines is 1. The van der Waals surface area contributed by atoms with Crippen molar-refractivity contribution in [3.8, 4) is 5.82 Å². The van der Waals surface area contributed by atoms with Crippen molar-refractivity contribution in [3.05, 3.63) is 48.2 Å². The second-order valence-electron chi connectivity index (χ2n) is 6.11. The molecule has 9 heteroatoms. The van der Waals surface area contributed by atoms with Gasteiger partial charge >= 0.3 is 0 Å². The van der Waals surface area contributed by atoms with Gasteiger partial charge in [0.05, 0.1) is 0 Å². The number of hydrogen-bond donors (Lipinski definition) is 0. The Morgan fingerprint density at radius 2 is 2.12 bits per heavy atom. The predicted molar refractivity (Wildman–Crippen MR) is 98.7 cm³/mol. The minimum Gasteiger partial charge on any atom is -0.345 e. The van der Waals surface area contributed by atoms with Crippen molar-refractivity contribution in [2.75, 3.05) is 31.1 Å². The molecule has 3 aromatic rings. The molecule has 4 rings (SSSR count). The summed E-state index contributed by atoms with van der Waals surface area (Å²) in [5, 5.41) is 5.10. The van der Waals surface area contributed by atoms with E-state index in [4.69, 9.17) is 0 Å². The third-order valence-corrected chi connectivity index (χ3v) is 5.17. The number of carbonyl (C=O) groups excluding carboxylic acids is 1. The van der Waals surface area contributed by atoms with Crippen molar-refractivity contribution in [1.82, 2.24) is 29.0 Å². The molecule has 1 fully saturated rings. The number of aryl methyl sites for hydroxylation is 1. The smallest absolute Gasteiger partial charge is 0.254 e. The number of hydrogen-bond acceptors (Lipinski definition) is 7. The quantitative estimate of drug-likeness (QED) is 0.700. The van der Waals surface area contributed by atoms with Gasteiger partial charge in [-0.1, -0.05) is 0 Å². The van der Waals surface area contributed by atoms with Gasteiger partial charge in [0.1, 0.15) is 5.82 Å². The second-order valence-corrected chi connectivity index (χ2v) is 6.84. The lowest BCUT2D eigenvalue weighted by atomic mass is 10.2. The molecule has 4 heterocycles. The fourth-order valence-electron chi connectivity index (χ4n) is 2.99. The average Bonchev–Trinajstić information content (AvgIpc) is 3.29. The fourth-order valence-corrected chi connectivity index (χ4v) is 3.72. The first-order valence-corrected chi connectivity index (χ1v) is 9.28. The van der Waals surface area contributed by atoms with E-state index in [1.165, 1.54) is 11.5 Å². The molecule has 3 aromatic heterocycles. The third-order valence-electron chi connectivity index (χ3n) is 4.30. The fraction of sp³-hybridized carbons (Fsp3) is 0.353. The van der Waals surface area contributed by atoms with Crippen LogP contribution in [0.25, 0.3) is 5.82 Å². The van der Waals surface area contributed by atoms with Gasteiger partial charge in [0.25, 0.3) is 5.91 Å². The minimum absolute atomic E-state index is 0.0242. The van der Waals surface area contributed by atoms with E-state index in [0.29, 0.717) is 17.9 Å². The SMILES string of the molecule is Cc1nsc(N2CCCN(C(=O)c3ccnc(-n4cccn4)c3)CC2)n1. The number of amides is 1. The van der Waals surface area contributed by atoms with Gasteiger partial charge in [-0.3, -0.25) is 4.79 Å². The molecule has 0 bridgehead atoms. The second kappa shape index (κ2) is 7.20. The third kappa shape index (κ3) is 3.43. The molecule has 1 aliphatic rings. The molecule has 1 aliphatic heterocycles. The number of rotatable bonds is 3. The van der Waals surface area contributed by atoms with E-state index in [9.17, 15) is 4.79 Å². The molecule has 134 valence electrons. The molecule has 0 saturated carbocycles. The maximum absolute atomic E-state index is 12.9. The van der Waals surface area contributed by atoms with Gasteiger partial charge in [0.15, 0.2) is 5.82 Å². The summed E-state index contributed by atoms with van der Waals surface area (Å²) >= 11 is 1.42. The molecule has 0 unspecified atom stereocenters. The van der Waals surface area contributed by atoms with Crippen molar-refractivity contribution in [2.24, 2.45) is 0 Å². The first-order chi connectivity index (χ1) is 12.7. The van der Waals surface area contributed by atoms with Crippen LogP contribution in [0.3, 0.4) is 0 Å². The normalized spacial score (nSPS) is 15.1. The van der Waals surface area contributed by atoms with E-state index in [1.54, 1.807) is 29.2 Å². The number of nitrogens with zero attached hydrogens (tertiary/aromatic N) is 7. The summed E-state index contributed by atoms with van der Waals surface area (Å²) in [4.78, 5) is 25.8. The number of pyridine rings is 1. The standard InChI is InChI=1S/C17H19N7OS/c1-13-20-17(26-21-13)23-8-3-7-22(10-11-23)16(25)14-4-6-18-15(12-14)24-9-2-5-19-24/h2,4-6,9,12H,3,7-8,10-11H2,1H3. The summed E-state index contributed by atoms with van der Waals surface area (Å²) in [5.41, 5.74) is 0.630. The van der Waals surface area contributed by atoms with Crippen LogP contribution in [0.2, 0.25) is 0 Å². The van der Waals surface area contributed by atoms with Crippen LogP contribution in [-0.2, 0) is 0 Å². The number of carbonyl (C=O) groups is 1. The van der Waals surface area contributed by atoms with Crippen molar-refractivity contribution in [2.45, 2.75) is 13.3 Å². The van der Waals surface area contributed by atoms with Crippen LogP contribution in [0.4, 0.5) is 5.13 Å². The van der Waals surface area contributed by atoms with Crippen LogP contribution in [0, 0.1) is 6.92 Å². The highest BCUT2D eigenvalue weighted by Crippen LogP contribution is 2.19. The van der Waals surface area contributed by atoms with E-state index in [2.05, 4.69) is 24.3 Å². The van der Waals surface area contributed by atoms with Gasteiger partial charge in [-0.15, -0.1) is 0 Å². The van der Waals surface area contributed by atoms with E-state index >= 15 is 0 Å². The molecule has 26 heavy (non-hydrogen) atoms. The number of aromatic nitrogens is 5. The predicted octanol–water partition coefficient (Wildman–Crippen LogP) is 1.78. The molecular weight excluding hydrogens is 350 g/mol. The van der Waals surface area contributed by atoms with Gasteiger partial charge in [-0.25, -0.2) is 14.6 Å². The van der Waals surface area contributed by atoms with Crippen LogP contribution >= 0.6 is 11.5 Å². The van der Waals surface area contributed by atoms with E-state index in [0.717, 1.165) is 37.0 Å². The van der Waals surface area contributed by atoms with Gasteiger partial charge in [-0.2, -0.15) is 9.47 Å². The zero-order chi connectivity index (χ0) is 17.9. The van der Waals surface area contributed by atoms with Crippen molar-refractivity contribution in [3.63, 3.8) is 0 Å². The van der Waals surface area contributed by atoms with Crippen LogP contribution in [0.1, 0.15) is 22.6 Å². The average molecular weight is 369 g/mol. The molecule has 8 nitrogen and oxygen atoms in total. The summed E-state index contributed by atoms with van der Waals surface area (Å²) < 4.78 is 5.90. The van der Waals surface area contributed by atoms with E-state index in [-0.39, 0.29) is 5.91 Å². The van der Waals surface area contributed by atoms with E-state index in [1.807, 2.05) is 24.1 Å². The Kier molecular flexibility index (Phi) is 4.61. The van der Waals surface area contributed by atoms with Crippen molar-refractivity contribution in [1.29, 1.82) is 0 Å². The highest BCUT2D eigenvalue weighted by molar-refractivity contribution is 7.09.